The van der Waals surface area contributed by atoms with Gasteiger partial charge in [-0.25, -0.2) is 0 Å². The Morgan fingerprint density at radius 1 is 1.55 bits per heavy atom. The molecule has 0 rings (SSSR count). The summed E-state index contributed by atoms with van der Waals surface area (Å²) < 4.78 is 4.88. The summed E-state index contributed by atoms with van der Waals surface area (Å²) in [6, 6.07) is 0. The fourth-order valence-corrected chi connectivity index (χ4v) is 0.689. The van der Waals surface area contributed by atoms with Crippen molar-refractivity contribution < 1.29 is 4.74 Å². The average Bonchev–Trinajstić information content (AvgIpc) is 1.99. The van der Waals surface area contributed by atoms with Crippen molar-refractivity contribution in [3.63, 3.8) is 0 Å². The quantitative estimate of drug-likeness (QED) is 0.323. The minimum atomic E-state index is 0.776. The van der Waals surface area contributed by atoms with Crippen molar-refractivity contribution in [1.82, 2.24) is 0 Å². The van der Waals surface area contributed by atoms with Gasteiger partial charge in [0, 0.05) is 13.7 Å². The molecule has 0 unspecified atom stereocenters. The third-order valence-electron chi connectivity index (χ3n) is 1.25. The molecule has 0 bridgehead atoms. The maximum Gasteiger partial charge on any atom is 0.0496 e. The predicted molar refractivity (Wildman–Crippen MR) is 49.6 cm³/mol. The summed E-state index contributed by atoms with van der Waals surface area (Å²) in [5.41, 5.74) is 1.09. The first-order valence-electron chi connectivity index (χ1n) is 3.75. The van der Waals surface area contributed by atoms with E-state index in [1.165, 1.54) is 0 Å². The summed E-state index contributed by atoms with van der Waals surface area (Å²) in [7, 11) is 1.70. The van der Waals surface area contributed by atoms with Crippen molar-refractivity contribution in [3.8, 4) is 0 Å². The number of ether oxygens (including phenoxy) is 1. The van der Waals surface area contributed by atoms with Crippen LogP contribution in [0.2, 0.25) is 0 Å². The zero-order chi connectivity index (χ0) is 8.53. The zero-order valence-electron chi connectivity index (χ0n) is 7.18. The van der Waals surface area contributed by atoms with Gasteiger partial charge in [0.05, 0.1) is 0 Å². The highest BCUT2D eigenvalue weighted by Gasteiger charge is 1.82. The lowest BCUT2D eigenvalue weighted by Crippen LogP contribution is -1.83. The number of rotatable bonds is 6. The molecule has 1 nitrogen and oxygen atoms in total. The van der Waals surface area contributed by atoms with Crippen molar-refractivity contribution in [1.29, 1.82) is 0 Å². The summed E-state index contributed by atoms with van der Waals surface area (Å²) in [6.07, 6.45) is 7.75. The molecule has 0 fully saturated rings. The second kappa shape index (κ2) is 7.29. The molecule has 0 aliphatic carbocycles. The molecular formula is C10H16O. The van der Waals surface area contributed by atoms with Gasteiger partial charge in [-0.05, 0) is 12.8 Å². The van der Waals surface area contributed by atoms with Crippen molar-refractivity contribution in [2.45, 2.75) is 12.8 Å². The highest BCUT2D eigenvalue weighted by Crippen LogP contribution is 2.00. The van der Waals surface area contributed by atoms with E-state index in [0.717, 1.165) is 25.0 Å². The molecule has 62 valence electrons. The summed E-state index contributed by atoms with van der Waals surface area (Å²) >= 11 is 0. The highest BCUT2D eigenvalue weighted by atomic mass is 16.5. The first-order valence-corrected chi connectivity index (χ1v) is 3.75. The second-order valence-corrected chi connectivity index (χ2v) is 2.33. The summed E-state index contributed by atoms with van der Waals surface area (Å²) in [5, 5.41) is 0. The van der Waals surface area contributed by atoms with E-state index in [-0.39, 0.29) is 0 Å². The summed E-state index contributed by atoms with van der Waals surface area (Å²) in [4.78, 5) is 0. The van der Waals surface area contributed by atoms with E-state index in [0.29, 0.717) is 0 Å². The highest BCUT2D eigenvalue weighted by molar-refractivity contribution is 5.16. The molecule has 11 heavy (non-hydrogen) atoms. The Bertz CT molecular complexity index is 145. The van der Waals surface area contributed by atoms with Crippen LogP contribution < -0.4 is 0 Å². The van der Waals surface area contributed by atoms with E-state index < -0.39 is 0 Å². The van der Waals surface area contributed by atoms with Crippen LogP contribution in [-0.4, -0.2) is 13.7 Å². The molecule has 0 saturated heterocycles. The van der Waals surface area contributed by atoms with Gasteiger partial charge in [-0.2, -0.15) is 0 Å². The molecule has 0 aliphatic rings. The normalized spacial score (nSPS) is 10.3. The molecule has 0 saturated carbocycles. The van der Waals surface area contributed by atoms with Crippen LogP contribution in [0.1, 0.15) is 12.8 Å². The molecular weight excluding hydrogens is 136 g/mol. The van der Waals surface area contributed by atoms with Gasteiger partial charge in [-0.3, -0.25) is 0 Å². The Hall–Kier alpha value is -0.820. The van der Waals surface area contributed by atoms with Crippen molar-refractivity contribution >= 4 is 0 Å². The molecule has 0 aromatic heterocycles. The van der Waals surface area contributed by atoms with E-state index in [4.69, 9.17) is 4.74 Å². The number of hydrogen-bond acceptors (Lipinski definition) is 1. The van der Waals surface area contributed by atoms with E-state index in [2.05, 4.69) is 19.2 Å². The third kappa shape index (κ3) is 7.07. The van der Waals surface area contributed by atoms with Crippen LogP contribution >= 0.6 is 0 Å². The number of hydrogen-bond donors (Lipinski definition) is 0. The number of methoxy groups -OCH3 is 1. The van der Waals surface area contributed by atoms with Gasteiger partial charge < -0.3 is 4.74 Å². The van der Waals surface area contributed by atoms with Crippen LogP contribution in [0.15, 0.2) is 37.0 Å². The van der Waals surface area contributed by atoms with Crippen LogP contribution in [0.3, 0.4) is 0 Å². The maximum absolute atomic E-state index is 4.88. The van der Waals surface area contributed by atoms with Crippen LogP contribution in [-0.2, 0) is 4.74 Å². The topological polar surface area (TPSA) is 9.23 Å². The average molecular weight is 152 g/mol. The Kier molecular flexibility index (Phi) is 6.75. The molecule has 0 aromatic carbocycles. The SMILES string of the molecule is C=CCC(=C)C=CCCOC. The monoisotopic (exact) mass is 152 g/mol. The minimum Gasteiger partial charge on any atom is -0.384 e. The van der Waals surface area contributed by atoms with Crippen molar-refractivity contribution in [2.24, 2.45) is 0 Å². The summed E-state index contributed by atoms with van der Waals surface area (Å²) in [5.74, 6) is 0. The molecule has 0 N–H and O–H groups in total. The van der Waals surface area contributed by atoms with Gasteiger partial charge in [0.1, 0.15) is 0 Å². The lowest BCUT2D eigenvalue weighted by Gasteiger charge is -1.93. The van der Waals surface area contributed by atoms with Gasteiger partial charge >= 0.3 is 0 Å². The third-order valence-corrected chi connectivity index (χ3v) is 1.25. The Morgan fingerprint density at radius 2 is 2.27 bits per heavy atom. The maximum atomic E-state index is 4.88. The van der Waals surface area contributed by atoms with E-state index in [1.54, 1.807) is 7.11 Å². The van der Waals surface area contributed by atoms with Crippen LogP contribution in [0.25, 0.3) is 0 Å². The van der Waals surface area contributed by atoms with Gasteiger partial charge in [-0.1, -0.05) is 30.4 Å². The molecule has 0 radical (unpaired) electrons. The Labute approximate surface area is 69.1 Å². The van der Waals surface area contributed by atoms with Crippen molar-refractivity contribution in [2.75, 3.05) is 13.7 Å². The lowest BCUT2D eigenvalue weighted by atomic mass is 10.2. The smallest absolute Gasteiger partial charge is 0.0496 e. The van der Waals surface area contributed by atoms with Crippen LogP contribution in [0.4, 0.5) is 0 Å². The Balaban J connectivity index is 3.40. The van der Waals surface area contributed by atoms with Crippen LogP contribution in [0.5, 0.6) is 0 Å². The molecule has 0 aromatic rings. The zero-order valence-corrected chi connectivity index (χ0v) is 7.18. The Morgan fingerprint density at radius 3 is 2.82 bits per heavy atom. The molecule has 0 heterocycles. The lowest BCUT2D eigenvalue weighted by molar-refractivity contribution is 0.204. The van der Waals surface area contributed by atoms with Gasteiger partial charge in [0.2, 0.25) is 0 Å². The van der Waals surface area contributed by atoms with E-state index in [9.17, 15) is 0 Å². The van der Waals surface area contributed by atoms with Crippen molar-refractivity contribution in [3.05, 3.63) is 37.0 Å². The first kappa shape index (κ1) is 10.2. The molecule has 0 amide bonds. The molecule has 0 spiro atoms. The van der Waals surface area contributed by atoms with Gasteiger partial charge in [0.15, 0.2) is 0 Å². The van der Waals surface area contributed by atoms with E-state index in [1.807, 2.05) is 12.2 Å². The number of allylic oxidation sites excluding steroid dienone is 3. The first-order chi connectivity index (χ1) is 5.31. The largest absolute Gasteiger partial charge is 0.384 e. The summed E-state index contributed by atoms with van der Waals surface area (Å²) in [6.45, 7) is 8.24. The minimum absolute atomic E-state index is 0.776. The van der Waals surface area contributed by atoms with Gasteiger partial charge in [-0.15, -0.1) is 6.58 Å². The second-order valence-electron chi connectivity index (χ2n) is 2.33. The predicted octanol–water partition coefficient (Wildman–Crippen LogP) is 2.71. The van der Waals surface area contributed by atoms with Gasteiger partial charge in [0.25, 0.3) is 0 Å². The molecule has 0 atom stereocenters. The molecule has 0 aliphatic heterocycles. The standard InChI is InChI=1S/C10H16O/c1-4-7-10(2)8-5-6-9-11-3/h4-5,8H,1-2,6-7,9H2,3H3. The van der Waals surface area contributed by atoms with Crippen LogP contribution in [0, 0.1) is 0 Å². The fraction of sp³-hybridized carbons (Fsp3) is 0.400. The van der Waals surface area contributed by atoms with E-state index >= 15 is 0 Å². The fourth-order valence-electron chi connectivity index (χ4n) is 0.689. The molecule has 1 heteroatoms.